The average Bonchev–Trinajstić information content (AvgIpc) is 3.11. The number of hydrogen-bond acceptors (Lipinski definition) is 4. The Balaban J connectivity index is 1.39. The number of carbonyl (C=O) groups excluding carboxylic acids is 1. The summed E-state index contributed by atoms with van der Waals surface area (Å²) in [5, 5.41) is 4.05. The van der Waals surface area contributed by atoms with Gasteiger partial charge in [0.05, 0.1) is 5.52 Å². The second kappa shape index (κ2) is 11.0. The fourth-order valence-electron chi connectivity index (χ4n) is 4.93. The van der Waals surface area contributed by atoms with Crippen LogP contribution in [0.3, 0.4) is 0 Å². The van der Waals surface area contributed by atoms with E-state index in [9.17, 15) is 4.79 Å². The minimum atomic E-state index is -0.142. The summed E-state index contributed by atoms with van der Waals surface area (Å²) in [6.45, 7) is 8.61. The van der Waals surface area contributed by atoms with Gasteiger partial charge in [-0.2, -0.15) is 0 Å². The van der Waals surface area contributed by atoms with Crippen molar-refractivity contribution in [2.24, 2.45) is 0 Å². The van der Waals surface area contributed by atoms with Gasteiger partial charge >= 0.3 is 0 Å². The van der Waals surface area contributed by atoms with Crippen molar-refractivity contribution in [3.05, 3.63) is 93.2 Å². The highest BCUT2D eigenvalue weighted by atomic mass is 16.3. The van der Waals surface area contributed by atoms with Gasteiger partial charge in [-0.25, -0.2) is 0 Å². The zero-order valence-corrected chi connectivity index (χ0v) is 22.0. The predicted molar refractivity (Wildman–Crippen MR) is 151 cm³/mol. The van der Waals surface area contributed by atoms with E-state index in [1.165, 1.54) is 36.9 Å². The van der Waals surface area contributed by atoms with Gasteiger partial charge in [-0.05, 0) is 74.4 Å². The minimum Gasteiger partial charge on any atom is -0.456 e. The van der Waals surface area contributed by atoms with Crippen LogP contribution in [-0.4, -0.2) is 28.9 Å². The van der Waals surface area contributed by atoms with Gasteiger partial charge in [0.2, 0.25) is 0 Å². The number of benzene rings is 1. The van der Waals surface area contributed by atoms with Crippen LogP contribution in [0.2, 0.25) is 0 Å². The molecule has 2 aliphatic rings. The number of amides is 1. The molecule has 0 atom stereocenters. The van der Waals surface area contributed by atoms with Crippen LogP contribution in [0.25, 0.3) is 29.1 Å². The summed E-state index contributed by atoms with van der Waals surface area (Å²) in [7, 11) is 0. The Bertz CT molecular complexity index is 1530. The summed E-state index contributed by atoms with van der Waals surface area (Å²) < 4.78 is 6.20. The molecule has 5 rings (SSSR count). The monoisotopic (exact) mass is 493 g/mol. The van der Waals surface area contributed by atoms with Crippen LogP contribution in [0.5, 0.6) is 0 Å². The number of carbonyl (C=O) groups is 1. The van der Waals surface area contributed by atoms with E-state index >= 15 is 0 Å². The molecule has 0 spiro atoms. The standard InChI is InChI=1S/C32H35N3O2/c1-4-6-17-35(18-7-5-2)26-14-16-31-28(21-26)27-20-25(9-8-10-30(27)37-31)34-32(36)24-13-15-29-23(19-24)12-11-22(3)33-29/h8-16,19-20H,4-7,17-18,21H2,1-3H3,(H,34,36). The second-order valence-electron chi connectivity index (χ2n) is 9.86. The fraction of sp³-hybridized carbons (Fsp3) is 0.312. The van der Waals surface area contributed by atoms with Crippen molar-refractivity contribution in [3.63, 3.8) is 0 Å². The zero-order valence-electron chi connectivity index (χ0n) is 22.0. The van der Waals surface area contributed by atoms with E-state index in [4.69, 9.17) is 4.42 Å². The maximum absolute atomic E-state index is 13.2. The van der Waals surface area contributed by atoms with Gasteiger partial charge < -0.3 is 14.6 Å². The Kier molecular flexibility index (Phi) is 7.40. The Morgan fingerprint density at radius 2 is 1.84 bits per heavy atom. The topological polar surface area (TPSA) is 58.4 Å². The molecule has 2 aliphatic carbocycles. The van der Waals surface area contributed by atoms with E-state index < -0.39 is 0 Å². The second-order valence-corrected chi connectivity index (χ2v) is 9.86. The Morgan fingerprint density at radius 3 is 2.62 bits per heavy atom. The average molecular weight is 494 g/mol. The lowest BCUT2D eigenvalue weighted by molar-refractivity contribution is 0.0967. The van der Waals surface area contributed by atoms with Crippen molar-refractivity contribution in [3.8, 4) is 0 Å². The van der Waals surface area contributed by atoms with E-state index in [2.05, 4.69) is 41.2 Å². The largest absolute Gasteiger partial charge is 0.456 e. The minimum absolute atomic E-state index is 0.142. The van der Waals surface area contributed by atoms with Gasteiger partial charge in [-0.15, -0.1) is 0 Å². The molecule has 1 aromatic carbocycles. The molecule has 2 aromatic heterocycles. The van der Waals surface area contributed by atoms with Crippen molar-refractivity contribution in [1.82, 2.24) is 15.2 Å². The molecular formula is C32H35N3O2. The molecule has 0 unspecified atom stereocenters. The molecule has 1 amide bonds. The molecule has 0 saturated carbocycles. The van der Waals surface area contributed by atoms with Crippen LogP contribution in [0.15, 0.2) is 64.4 Å². The SMILES string of the molecule is CCCCN(CCCC)C1=CC=c2oc3c(c2C1)C=C(NC(=O)c1ccc2nc(C)ccc2c1)C=CC=3. The third kappa shape index (κ3) is 5.46. The highest BCUT2D eigenvalue weighted by Gasteiger charge is 2.20. The first-order valence-corrected chi connectivity index (χ1v) is 13.4. The molecule has 37 heavy (non-hydrogen) atoms. The Hall–Kier alpha value is -3.86. The first kappa shape index (κ1) is 24.8. The summed E-state index contributed by atoms with van der Waals surface area (Å²) in [4.78, 5) is 20.2. The van der Waals surface area contributed by atoms with Crippen LogP contribution >= 0.6 is 0 Å². The highest BCUT2D eigenvalue weighted by molar-refractivity contribution is 5.99. The van der Waals surface area contributed by atoms with Crippen LogP contribution in [0.4, 0.5) is 0 Å². The number of aromatic nitrogens is 1. The van der Waals surface area contributed by atoms with Crippen molar-refractivity contribution < 1.29 is 9.21 Å². The molecule has 0 aliphatic heterocycles. The maximum Gasteiger partial charge on any atom is 0.255 e. The summed E-state index contributed by atoms with van der Waals surface area (Å²) in [6.07, 6.45) is 17.8. The molecule has 2 heterocycles. The lowest BCUT2D eigenvalue weighted by Crippen LogP contribution is -2.29. The Labute approximate surface area is 218 Å². The molecule has 5 heteroatoms. The van der Waals surface area contributed by atoms with Crippen LogP contribution < -0.4 is 16.1 Å². The van der Waals surface area contributed by atoms with Crippen LogP contribution in [0.1, 0.15) is 66.7 Å². The number of fused-ring (bicyclic) bond motifs is 4. The molecule has 0 saturated heterocycles. The number of rotatable bonds is 9. The van der Waals surface area contributed by atoms with E-state index in [1.54, 1.807) is 0 Å². The number of nitrogens with one attached hydrogen (secondary N) is 1. The lowest BCUT2D eigenvalue weighted by atomic mass is 10.0. The number of hydrogen-bond donors (Lipinski definition) is 1. The van der Waals surface area contributed by atoms with Gasteiger partial charge in [0.1, 0.15) is 10.8 Å². The molecule has 1 N–H and O–H groups in total. The molecular weight excluding hydrogens is 458 g/mol. The predicted octanol–water partition coefficient (Wildman–Crippen LogP) is 5.38. The summed E-state index contributed by atoms with van der Waals surface area (Å²) in [5.41, 5.74) is 8.51. The van der Waals surface area contributed by atoms with E-state index in [0.29, 0.717) is 5.56 Å². The third-order valence-corrected chi connectivity index (χ3v) is 7.03. The summed E-state index contributed by atoms with van der Waals surface area (Å²) >= 11 is 0. The lowest BCUT2D eigenvalue weighted by Gasteiger charge is -2.28. The van der Waals surface area contributed by atoms with E-state index in [0.717, 1.165) is 58.2 Å². The summed E-state index contributed by atoms with van der Waals surface area (Å²) in [5.74, 6) is -0.142. The van der Waals surface area contributed by atoms with Crippen molar-refractivity contribution in [1.29, 1.82) is 0 Å². The quantitative estimate of drug-likeness (QED) is 0.435. The first-order valence-electron chi connectivity index (χ1n) is 13.4. The van der Waals surface area contributed by atoms with E-state index in [1.807, 2.05) is 61.6 Å². The van der Waals surface area contributed by atoms with Gasteiger partial charge in [0, 0.05) is 58.7 Å². The Morgan fingerprint density at radius 1 is 1.03 bits per heavy atom. The number of aryl methyl sites for hydroxylation is 1. The van der Waals surface area contributed by atoms with Gasteiger partial charge in [-0.1, -0.05) is 38.8 Å². The van der Waals surface area contributed by atoms with Crippen molar-refractivity contribution in [2.45, 2.75) is 52.9 Å². The third-order valence-electron chi connectivity index (χ3n) is 7.03. The maximum atomic E-state index is 13.2. The van der Waals surface area contributed by atoms with Crippen LogP contribution in [0, 0.1) is 6.92 Å². The van der Waals surface area contributed by atoms with Gasteiger partial charge in [0.25, 0.3) is 5.91 Å². The number of furan rings is 1. The number of unbranched alkanes of at least 4 members (excludes halogenated alkanes) is 2. The van der Waals surface area contributed by atoms with Gasteiger partial charge in [-0.3, -0.25) is 9.78 Å². The smallest absolute Gasteiger partial charge is 0.255 e. The zero-order chi connectivity index (χ0) is 25.8. The molecule has 0 bridgehead atoms. The van der Waals surface area contributed by atoms with Crippen molar-refractivity contribution in [2.75, 3.05) is 13.1 Å². The fourth-order valence-corrected chi connectivity index (χ4v) is 4.93. The number of allylic oxidation sites excluding steroid dienone is 4. The molecule has 5 nitrogen and oxygen atoms in total. The normalized spacial score (nSPS) is 14.0. The highest BCUT2D eigenvalue weighted by Crippen LogP contribution is 2.21. The molecule has 0 radical (unpaired) electrons. The van der Waals surface area contributed by atoms with Crippen molar-refractivity contribution >= 4 is 35.0 Å². The van der Waals surface area contributed by atoms with Crippen LogP contribution in [-0.2, 0) is 6.42 Å². The number of nitrogens with zero attached hydrogens (tertiary/aromatic N) is 2. The molecule has 190 valence electrons. The van der Waals surface area contributed by atoms with Gasteiger partial charge in [0.15, 0.2) is 0 Å². The van der Waals surface area contributed by atoms with E-state index in [-0.39, 0.29) is 5.91 Å². The number of pyridine rings is 1. The molecule has 0 fully saturated rings. The summed E-state index contributed by atoms with van der Waals surface area (Å²) in [6, 6.07) is 9.59. The molecule has 3 aromatic rings. The first-order chi connectivity index (χ1) is 18.1.